The monoisotopic (exact) mass is 419 g/mol. The third kappa shape index (κ3) is 3.79. The van der Waals surface area contributed by atoms with Crippen molar-refractivity contribution in [2.45, 2.75) is 12.5 Å². The number of nitrogens with one attached hydrogen (secondary N) is 1. The van der Waals surface area contributed by atoms with Crippen LogP contribution in [0, 0.1) is 10.1 Å². The number of nitro benzene ring substituents is 1. The van der Waals surface area contributed by atoms with Crippen molar-refractivity contribution in [2.24, 2.45) is 0 Å². The number of nitrogens with zero attached hydrogens (tertiary/aromatic N) is 2. The van der Waals surface area contributed by atoms with Crippen molar-refractivity contribution in [3.05, 3.63) is 44.3 Å². The van der Waals surface area contributed by atoms with Gasteiger partial charge in [0, 0.05) is 24.5 Å². The molecule has 0 aliphatic carbocycles. The molecule has 1 aliphatic rings. The molecule has 1 aliphatic heterocycles. The summed E-state index contributed by atoms with van der Waals surface area (Å²) < 4.78 is 14.8. The maximum absolute atomic E-state index is 13.0. The minimum Gasteiger partial charge on any atom is -0.493 e. The number of hydrogen-bond donors (Lipinski definition) is 1. The first-order valence-electron chi connectivity index (χ1n) is 8.72. The van der Waals surface area contributed by atoms with E-state index in [1.165, 1.54) is 7.11 Å². The standard InChI is InChI=1S/C18H17N3O9/c1-28-13-7-10(21(26)27)5-9-6-11(18(25)30-15(9)13)17(24)20-4-3-19-16(23)12(20)8-14(22)29-2/h5-7,12H,3-4,8H2,1-2H3,(H,19,23). The van der Waals surface area contributed by atoms with Gasteiger partial charge in [-0.3, -0.25) is 24.5 Å². The summed E-state index contributed by atoms with van der Waals surface area (Å²) in [4.78, 5) is 60.9. The van der Waals surface area contributed by atoms with Crippen molar-refractivity contribution in [3.63, 3.8) is 0 Å². The smallest absolute Gasteiger partial charge is 0.349 e. The van der Waals surface area contributed by atoms with Crippen LogP contribution in [-0.4, -0.2) is 61.0 Å². The molecule has 1 saturated heterocycles. The lowest BCUT2D eigenvalue weighted by molar-refractivity contribution is -0.384. The lowest BCUT2D eigenvalue weighted by atomic mass is 10.1. The number of carbonyl (C=O) groups is 3. The molecule has 0 radical (unpaired) electrons. The Balaban J connectivity index is 2.08. The maximum Gasteiger partial charge on any atom is 0.349 e. The Bertz CT molecular complexity index is 1110. The Morgan fingerprint density at radius 2 is 2.03 bits per heavy atom. The number of rotatable bonds is 5. The minimum atomic E-state index is -1.17. The predicted molar refractivity (Wildman–Crippen MR) is 100 cm³/mol. The summed E-state index contributed by atoms with van der Waals surface area (Å²) in [6.45, 7) is 0.169. The molecule has 158 valence electrons. The van der Waals surface area contributed by atoms with Crippen LogP contribution in [-0.2, 0) is 14.3 Å². The van der Waals surface area contributed by atoms with E-state index in [0.717, 1.165) is 30.2 Å². The normalized spacial score (nSPS) is 16.1. The van der Waals surface area contributed by atoms with Crippen molar-refractivity contribution in [3.8, 4) is 5.75 Å². The maximum atomic E-state index is 13.0. The first kappa shape index (κ1) is 20.8. The van der Waals surface area contributed by atoms with Gasteiger partial charge >= 0.3 is 11.6 Å². The number of hydrogen-bond acceptors (Lipinski definition) is 9. The van der Waals surface area contributed by atoms with Crippen LogP contribution in [0.15, 0.2) is 27.4 Å². The average Bonchev–Trinajstić information content (AvgIpc) is 2.73. The molecule has 2 amide bonds. The number of esters is 1. The zero-order chi connectivity index (χ0) is 22.0. The molecule has 1 aromatic carbocycles. The molecule has 0 spiro atoms. The molecule has 2 aromatic rings. The minimum absolute atomic E-state index is 0.0436. The lowest BCUT2D eigenvalue weighted by Gasteiger charge is -2.34. The number of piperazine rings is 1. The fourth-order valence-corrected chi connectivity index (χ4v) is 3.15. The molecule has 3 rings (SSSR count). The zero-order valence-corrected chi connectivity index (χ0v) is 16.0. The van der Waals surface area contributed by atoms with Crippen LogP contribution in [0.5, 0.6) is 5.75 Å². The van der Waals surface area contributed by atoms with Crippen LogP contribution in [0.3, 0.4) is 0 Å². The summed E-state index contributed by atoms with van der Waals surface area (Å²) in [5.41, 5.74) is -1.84. The summed E-state index contributed by atoms with van der Waals surface area (Å²) in [6, 6.07) is 2.19. The molecule has 1 N–H and O–H groups in total. The molecule has 2 heterocycles. The summed E-state index contributed by atoms with van der Waals surface area (Å²) in [5.74, 6) is -2.17. The number of non-ortho nitro benzene ring substituents is 1. The number of carbonyl (C=O) groups excluding carboxylic acids is 3. The summed E-state index contributed by atoms with van der Waals surface area (Å²) in [7, 11) is 2.40. The number of fused-ring (bicyclic) bond motifs is 1. The average molecular weight is 419 g/mol. The highest BCUT2D eigenvalue weighted by Crippen LogP contribution is 2.31. The molecule has 1 unspecified atom stereocenters. The third-order valence-corrected chi connectivity index (χ3v) is 4.62. The second kappa shape index (κ2) is 8.19. The lowest BCUT2D eigenvalue weighted by Crippen LogP contribution is -2.58. The largest absolute Gasteiger partial charge is 0.493 e. The molecule has 0 bridgehead atoms. The van der Waals surface area contributed by atoms with Gasteiger partial charge in [-0.2, -0.15) is 0 Å². The van der Waals surface area contributed by atoms with Crippen LogP contribution in [0.4, 0.5) is 5.69 Å². The Labute approximate surface area is 168 Å². The second-order valence-corrected chi connectivity index (χ2v) is 6.36. The molecule has 1 fully saturated rings. The van der Waals surface area contributed by atoms with E-state index in [2.05, 4.69) is 10.1 Å². The highest BCUT2D eigenvalue weighted by atomic mass is 16.6. The van der Waals surface area contributed by atoms with Crippen molar-refractivity contribution in [1.82, 2.24) is 10.2 Å². The van der Waals surface area contributed by atoms with Gasteiger partial charge in [0.1, 0.15) is 11.6 Å². The van der Waals surface area contributed by atoms with E-state index in [-0.39, 0.29) is 35.5 Å². The highest BCUT2D eigenvalue weighted by molar-refractivity contribution is 6.01. The third-order valence-electron chi connectivity index (χ3n) is 4.62. The fraction of sp³-hybridized carbons (Fsp3) is 0.333. The van der Waals surface area contributed by atoms with Crippen LogP contribution >= 0.6 is 0 Å². The van der Waals surface area contributed by atoms with E-state index in [1.54, 1.807) is 0 Å². The molecule has 12 nitrogen and oxygen atoms in total. The van der Waals surface area contributed by atoms with Gasteiger partial charge in [-0.15, -0.1) is 0 Å². The molecule has 12 heteroatoms. The molecular weight excluding hydrogens is 402 g/mol. The van der Waals surface area contributed by atoms with Crippen molar-refractivity contribution in [2.75, 3.05) is 27.3 Å². The summed E-state index contributed by atoms with van der Waals surface area (Å²) in [6.07, 6.45) is -0.397. The number of nitro groups is 1. The van der Waals surface area contributed by atoms with Gasteiger partial charge in [-0.05, 0) is 6.07 Å². The van der Waals surface area contributed by atoms with E-state index >= 15 is 0 Å². The second-order valence-electron chi connectivity index (χ2n) is 6.36. The van der Waals surface area contributed by atoms with Gasteiger partial charge in [0.15, 0.2) is 11.3 Å². The van der Waals surface area contributed by atoms with Gasteiger partial charge in [0.05, 0.1) is 31.6 Å². The Morgan fingerprint density at radius 1 is 1.30 bits per heavy atom. The van der Waals surface area contributed by atoms with Crippen LogP contribution < -0.4 is 15.7 Å². The van der Waals surface area contributed by atoms with E-state index in [1.807, 2.05) is 0 Å². The molecule has 30 heavy (non-hydrogen) atoms. The van der Waals surface area contributed by atoms with Crippen LogP contribution in [0.25, 0.3) is 11.0 Å². The quantitative estimate of drug-likeness (QED) is 0.309. The molecule has 1 aromatic heterocycles. The van der Waals surface area contributed by atoms with Gasteiger partial charge in [0.25, 0.3) is 11.6 Å². The Kier molecular flexibility index (Phi) is 5.67. The number of ether oxygens (including phenoxy) is 2. The fourth-order valence-electron chi connectivity index (χ4n) is 3.15. The van der Waals surface area contributed by atoms with Gasteiger partial charge in [-0.25, -0.2) is 4.79 Å². The highest BCUT2D eigenvalue weighted by Gasteiger charge is 2.36. The first-order valence-corrected chi connectivity index (χ1v) is 8.72. The number of methoxy groups -OCH3 is 2. The first-order chi connectivity index (χ1) is 14.3. The van der Waals surface area contributed by atoms with E-state index in [0.29, 0.717) is 0 Å². The van der Waals surface area contributed by atoms with Crippen LogP contribution in [0.2, 0.25) is 0 Å². The zero-order valence-electron chi connectivity index (χ0n) is 16.0. The topological polar surface area (TPSA) is 158 Å². The summed E-state index contributed by atoms with van der Waals surface area (Å²) in [5, 5.41) is 13.8. The SMILES string of the molecule is COC(=O)CC1C(=O)NCCN1C(=O)c1cc2cc([N+](=O)[O-])cc(OC)c2oc1=O. The van der Waals surface area contributed by atoms with Crippen molar-refractivity contribution in [1.29, 1.82) is 0 Å². The Morgan fingerprint density at radius 3 is 2.67 bits per heavy atom. The van der Waals surface area contributed by atoms with E-state index in [9.17, 15) is 29.3 Å². The molecule has 0 saturated carbocycles. The Hall–Kier alpha value is -3.96. The molecule has 1 atom stereocenters. The van der Waals surface area contributed by atoms with Gasteiger partial charge in [0.2, 0.25) is 5.91 Å². The number of amides is 2. The van der Waals surface area contributed by atoms with E-state index in [4.69, 9.17) is 9.15 Å². The number of benzene rings is 1. The van der Waals surface area contributed by atoms with Crippen molar-refractivity contribution >= 4 is 34.4 Å². The van der Waals surface area contributed by atoms with Gasteiger partial charge in [-0.1, -0.05) is 0 Å². The van der Waals surface area contributed by atoms with E-state index < -0.39 is 46.4 Å². The van der Waals surface area contributed by atoms with Crippen molar-refractivity contribution < 1.29 is 33.2 Å². The van der Waals surface area contributed by atoms with Gasteiger partial charge < -0.3 is 24.1 Å². The predicted octanol–water partition coefficient (Wildman–Crippen LogP) is 0.214. The summed E-state index contributed by atoms with van der Waals surface area (Å²) >= 11 is 0. The van der Waals surface area contributed by atoms with Crippen LogP contribution in [0.1, 0.15) is 16.8 Å². The molecular formula is C18H17N3O9.